The molecule has 3 aromatic rings. The van der Waals surface area contributed by atoms with Crippen molar-refractivity contribution in [2.75, 3.05) is 14.2 Å². The Kier molecular flexibility index (Phi) is 4.51. The summed E-state index contributed by atoms with van der Waals surface area (Å²) in [7, 11) is 3.19. The van der Waals surface area contributed by atoms with E-state index in [2.05, 4.69) is 37.7 Å². The van der Waals surface area contributed by atoms with Crippen molar-refractivity contribution >= 4 is 22.6 Å². The van der Waals surface area contributed by atoms with Crippen LogP contribution in [0.3, 0.4) is 0 Å². The highest BCUT2D eigenvalue weighted by atomic mass is 127. The van der Waals surface area contributed by atoms with Crippen LogP contribution < -0.4 is 9.47 Å². The molecular formula is C15H15IN4O3. The lowest BCUT2D eigenvalue weighted by Gasteiger charge is -2.10. The first-order chi connectivity index (χ1) is 11.1. The van der Waals surface area contributed by atoms with Crippen molar-refractivity contribution in [3.63, 3.8) is 0 Å². The number of ether oxygens (including phenoxy) is 2. The van der Waals surface area contributed by atoms with Crippen molar-refractivity contribution in [1.29, 1.82) is 0 Å². The fourth-order valence-electron chi connectivity index (χ4n) is 2.16. The lowest BCUT2D eigenvalue weighted by atomic mass is 10.2. The predicted molar refractivity (Wildman–Crippen MR) is 91.6 cm³/mol. The second-order valence-electron chi connectivity index (χ2n) is 4.83. The molecule has 1 atom stereocenters. The maximum Gasteiger partial charge on any atom is 0.259 e. The van der Waals surface area contributed by atoms with Crippen LogP contribution in [0.2, 0.25) is 0 Å². The molecule has 2 heterocycles. The number of hydrogen-bond acceptors (Lipinski definition) is 6. The second kappa shape index (κ2) is 6.57. The zero-order chi connectivity index (χ0) is 16.4. The topological polar surface area (TPSA) is 75.2 Å². The molecule has 0 spiro atoms. The number of hydrogen-bond donors (Lipinski definition) is 0. The molecular weight excluding hydrogens is 411 g/mol. The molecule has 3 rings (SSSR count). The Bertz CT molecular complexity index is 801. The summed E-state index contributed by atoms with van der Waals surface area (Å²) in [5.74, 6) is 2.30. The number of imidazole rings is 1. The van der Waals surface area contributed by atoms with Crippen molar-refractivity contribution in [1.82, 2.24) is 19.7 Å². The van der Waals surface area contributed by atoms with Gasteiger partial charge < -0.3 is 18.6 Å². The summed E-state index contributed by atoms with van der Waals surface area (Å²) < 4.78 is 18.9. The van der Waals surface area contributed by atoms with E-state index in [1.165, 1.54) is 0 Å². The first kappa shape index (κ1) is 15.8. The van der Waals surface area contributed by atoms with Gasteiger partial charge in [0.1, 0.15) is 0 Å². The third-order valence-electron chi connectivity index (χ3n) is 3.49. The van der Waals surface area contributed by atoms with E-state index in [4.69, 9.17) is 14.0 Å². The summed E-state index contributed by atoms with van der Waals surface area (Å²) in [4.78, 5) is 8.54. The van der Waals surface area contributed by atoms with Gasteiger partial charge in [0.05, 0.1) is 32.2 Å². The summed E-state index contributed by atoms with van der Waals surface area (Å²) in [5.41, 5.74) is 0.805. The molecule has 0 N–H and O–H groups in total. The molecule has 0 saturated carbocycles. The zero-order valence-corrected chi connectivity index (χ0v) is 15.0. The molecule has 1 unspecified atom stereocenters. The van der Waals surface area contributed by atoms with Crippen LogP contribution in [0.25, 0.3) is 11.5 Å². The molecule has 120 valence electrons. The molecule has 0 radical (unpaired) electrons. The molecule has 2 aromatic heterocycles. The Labute approximate surface area is 146 Å². The lowest BCUT2D eigenvalue weighted by molar-refractivity contribution is 0.354. The molecule has 23 heavy (non-hydrogen) atoms. The molecule has 0 aliphatic rings. The van der Waals surface area contributed by atoms with E-state index in [0.29, 0.717) is 23.2 Å². The highest BCUT2D eigenvalue weighted by Crippen LogP contribution is 2.36. The van der Waals surface area contributed by atoms with Gasteiger partial charge in [-0.25, -0.2) is 4.98 Å². The van der Waals surface area contributed by atoms with Crippen LogP contribution >= 0.6 is 22.6 Å². The lowest BCUT2D eigenvalue weighted by Crippen LogP contribution is -2.06. The van der Waals surface area contributed by atoms with Crippen molar-refractivity contribution in [2.24, 2.45) is 0 Å². The molecule has 1 aromatic carbocycles. The van der Waals surface area contributed by atoms with Crippen molar-refractivity contribution in [3.8, 4) is 23.0 Å². The normalized spacial score (nSPS) is 12.2. The number of rotatable bonds is 5. The highest BCUT2D eigenvalue weighted by molar-refractivity contribution is 14.1. The van der Waals surface area contributed by atoms with Gasteiger partial charge in [-0.2, -0.15) is 4.98 Å². The summed E-state index contributed by atoms with van der Waals surface area (Å²) in [6, 6.07) is 3.64. The van der Waals surface area contributed by atoms with E-state index in [0.717, 1.165) is 9.13 Å². The second-order valence-corrected chi connectivity index (χ2v) is 5.99. The Morgan fingerprint density at radius 2 is 1.96 bits per heavy atom. The Morgan fingerprint density at radius 3 is 2.61 bits per heavy atom. The predicted octanol–water partition coefficient (Wildman–Crippen LogP) is 3.16. The minimum absolute atomic E-state index is 0.0622. The molecule has 0 saturated heterocycles. The van der Waals surface area contributed by atoms with E-state index >= 15 is 0 Å². The van der Waals surface area contributed by atoms with Gasteiger partial charge in [0, 0.05) is 16.0 Å². The highest BCUT2D eigenvalue weighted by Gasteiger charge is 2.19. The van der Waals surface area contributed by atoms with Crippen LogP contribution in [0, 0.1) is 3.57 Å². The smallest absolute Gasteiger partial charge is 0.259 e. The molecule has 0 amide bonds. The van der Waals surface area contributed by atoms with Gasteiger partial charge in [-0.3, -0.25) is 0 Å². The van der Waals surface area contributed by atoms with Crippen LogP contribution in [0.1, 0.15) is 18.8 Å². The first-order valence-corrected chi connectivity index (χ1v) is 7.95. The largest absolute Gasteiger partial charge is 0.493 e. The van der Waals surface area contributed by atoms with Crippen LogP contribution in [-0.2, 0) is 0 Å². The SMILES string of the molecule is COc1cc(I)c(-c2nc(C(C)n3ccnc3)no2)cc1OC. The van der Waals surface area contributed by atoms with Gasteiger partial charge >= 0.3 is 0 Å². The molecule has 0 fully saturated rings. The van der Waals surface area contributed by atoms with E-state index < -0.39 is 0 Å². The quantitative estimate of drug-likeness (QED) is 0.584. The number of nitrogens with zero attached hydrogens (tertiary/aromatic N) is 4. The van der Waals surface area contributed by atoms with Gasteiger partial charge in [-0.15, -0.1) is 0 Å². The summed E-state index contributed by atoms with van der Waals surface area (Å²) in [6.45, 7) is 1.98. The Balaban J connectivity index is 1.97. The van der Waals surface area contributed by atoms with E-state index in [9.17, 15) is 0 Å². The molecule has 7 nitrogen and oxygen atoms in total. The van der Waals surface area contributed by atoms with E-state index in [1.807, 2.05) is 29.8 Å². The van der Waals surface area contributed by atoms with Crippen LogP contribution in [0.5, 0.6) is 11.5 Å². The van der Waals surface area contributed by atoms with E-state index in [1.54, 1.807) is 26.7 Å². The summed E-state index contributed by atoms with van der Waals surface area (Å²) in [5, 5.41) is 4.08. The number of methoxy groups -OCH3 is 2. The number of benzene rings is 1. The van der Waals surface area contributed by atoms with Crippen LogP contribution in [0.4, 0.5) is 0 Å². The third kappa shape index (κ3) is 3.03. The van der Waals surface area contributed by atoms with Gasteiger partial charge in [-0.1, -0.05) is 5.16 Å². The van der Waals surface area contributed by atoms with Crippen molar-refractivity contribution < 1.29 is 14.0 Å². The van der Waals surface area contributed by atoms with Crippen LogP contribution in [0.15, 0.2) is 35.4 Å². The average Bonchev–Trinajstić information content (AvgIpc) is 3.25. The number of halogens is 1. The molecule has 0 bridgehead atoms. The molecule has 0 aliphatic heterocycles. The summed E-state index contributed by atoms with van der Waals surface area (Å²) >= 11 is 2.20. The molecule has 8 heteroatoms. The van der Waals surface area contributed by atoms with Gasteiger partial charge in [-0.05, 0) is 41.6 Å². The van der Waals surface area contributed by atoms with Crippen molar-refractivity contribution in [3.05, 3.63) is 40.2 Å². The summed E-state index contributed by atoms with van der Waals surface area (Å²) in [6.07, 6.45) is 5.30. The van der Waals surface area contributed by atoms with Gasteiger partial charge in [0.15, 0.2) is 17.3 Å². The third-order valence-corrected chi connectivity index (χ3v) is 4.38. The minimum atomic E-state index is -0.0622. The monoisotopic (exact) mass is 426 g/mol. The average molecular weight is 426 g/mol. The van der Waals surface area contributed by atoms with Gasteiger partial charge in [0.25, 0.3) is 5.89 Å². The maximum atomic E-state index is 5.43. The Morgan fingerprint density at radius 1 is 1.22 bits per heavy atom. The molecule has 0 aliphatic carbocycles. The van der Waals surface area contributed by atoms with Gasteiger partial charge in [0.2, 0.25) is 0 Å². The Hall–Kier alpha value is -2.10. The van der Waals surface area contributed by atoms with Crippen molar-refractivity contribution in [2.45, 2.75) is 13.0 Å². The number of aromatic nitrogens is 4. The zero-order valence-electron chi connectivity index (χ0n) is 12.9. The fraction of sp³-hybridized carbons (Fsp3) is 0.267. The first-order valence-electron chi connectivity index (χ1n) is 6.87. The maximum absolute atomic E-state index is 5.43. The van der Waals surface area contributed by atoms with E-state index in [-0.39, 0.29) is 6.04 Å². The minimum Gasteiger partial charge on any atom is -0.493 e. The fourth-order valence-corrected chi connectivity index (χ4v) is 2.83. The standard InChI is InChI=1S/C15H15IN4O3/c1-9(20-5-4-17-8-20)14-18-15(23-19-14)10-6-12(21-2)13(22-3)7-11(10)16/h4-9H,1-3H3. The van der Waals surface area contributed by atoms with Crippen LogP contribution in [-0.4, -0.2) is 33.9 Å².